The fourth-order valence-electron chi connectivity index (χ4n) is 2.57. The quantitative estimate of drug-likeness (QED) is 0.262. The molecule has 0 unspecified atom stereocenters. The van der Waals surface area contributed by atoms with Crippen molar-refractivity contribution in [1.82, 2.24) is 16.0 Å². The molecule has 0 fully saturated rings. The van der Waals surface area contributed by atoms with Crippen LogP contribution in [0.25, 0.3) is 0 Å². The van der Waals surface area contributed by atoms with Crippen LogP contribution >= 0.6 is 24.0 Å². The highest BCUT2D eigenvalue weighted by atomic mass is 127. The van der Waals surface area contributed by atoms with Crippen molar-refractivity contribution in [2.24, 2.45) is 4.99 Å². The minimum atomic E-state index is -2.90. The van der Waals surface area contributed by atoms with Gasteiger partial charge in [-0.1, -0.05) is 48.0 Å². The molecule has 0 aliphatic heterocycles. The van der Waals surface area contributed by atoms with Crippen LogP contribution in [0.4, 0.5) is 8.78 Å². The second kappa shape index (κ2) is 13.7. The number of hydrogen-bond acceptors (Lipinski definition) is 3. The van der Waals surface area contributed by atoms with Crippen molar-refractivity contribution in [2.75, 3.05) is 13.1 Å². The third kappa shape index (κ3) is 9.38. The number of nitrogens with zero attached hydrogens (tertiary/aromatic N) is 1. The van der Waals surface area contributed by atoms with Gasteiger partial charge in [0.15, 0.2) is 5.96 Å². The van der Waals surface area contributed by atoms with Gasteiger partial charge in [0.1, 0.15) is 5.75 Å². The highest BCUT2D eigenvalue weighted by molar-refractivity contribution is 14.0. The molecule has 2 rings (SSSR count). The Kier molecular flexibility index (Phi) is 11.7. The van der Waals surface area contributed by atoms with Crippen molar-refractivity contribution in [3.63, 3.8) is 0 Å². The summed E-state index contributed by atoms with van der Waals surface area (Å²) in [5, 5.41) is 8.79. The first-order valence-corrected chi connectivity index (χ1v) is 9.35. The van der Waals surface area contributed by atoms with E-state index in [0.717, 1.165) is 11.1 Å². The summed E-state index contributed by atoms with van der Waals surface area (Å²) in [5.74, 6) is 0.314. The molecule has 0 radical (unpaired) electrons. The Labute approximate surface area is 192 Å². The Bertz CT molecular complexity index is 820. The van der Waals surface area contributed by atoms with Crippen molar-refractivity contribution in [3.05, 3.63) is 65.2 Å². The molecule has 2 aromatic carbocycles. The summed E-state index contributed by atoms with van der Waals surface area (Å²) in [4.78, 5) is 16.4. The van der Waals surface area contributed by atoms with Crippen molar-refractivity contribution >= 4 is 35.8 Å². The fraction of sp³-hybridized carbons (Fsp3) is 0.333. The number of aryl methyl sites for hydroxylation is 1. The Morgan fingerprint density at radius 2 is 1.83 bits per heavy atom. The van der Waals surface area contributed by atoms with Crippen molar-refractivity contribution in [1.29, 1.82) is 0 Å². The molecule has 30 heavy (non-hydrogen) atoms. The lowest BCUT2D eigenvalue weighted by molar-refractivity contribution is -0.120. The number of nitrogens with one attached hydrogen (secondary N) is 3. The summed E-state index contributed by atoms with van der Waals surface area (Å²) in [6.07, 6.45) is 0. The molecule has 164 valence electrons. The summed E-state index contributed by atoms with van der Waals surface area (Å²) in [6, 6.07) is 14.5. The highest BCUT2D eigenvalue weighted by Crippen LogP contribution is 2.22. The van der Waals surface area contributed by atoms with Crippen molar-refractivity contribution in [2.45, 2.75) is 33.5 Å². The monoisotopic (exact) mass is 532 g/mol. The summed E-state index contributed by atoms with van der Waals surface area (Å²) in [5.41, 5.74) is 2.46. The average Bonchev–Trinajstić information content (AvgIpc) is 2.70. The van der Waals surface area contributed by atoms with Crippen LogP contribution in [0.1, 0.15) is 23.6 Å². The minimum absolute atomic E-state index is 0. The second-order valence-corrected chi connectivity index (χ2v) is 6.30. The van der Waals surface area contributed by atoms with Gasteiger partial charge in [0, 0.05) is 18.7 Å². The molecule has 0 atom stereocenters. The van der Waals surface area contributed by atoms with Gasteiger partial charge in [0.2, 0.25) is 5.91 Å². The van der Waals surface area contributed by atoms with Gasteiger partial charge >= 0.3 is 6.61 Å². The highest BCUT2D eigenvalue weighted by Gasteiger charge is 2.10. The zero-order valence-corrected chi connectivity index (χ0v) is 19.3. The van der Waals surface area contributed by atoms with Crippen LogP contribution in [0.2, 0.25) is 0 Å². The maximum absolute atomic E-state index is 12.6. The minimum Gasteiger partial charge on any atom is -0.434 e. The summed E-state index contributed by atoms with van der Waals surface area (Å²) >= 11 is 0. The number of carbonyl (C=O) groups excluding carboxylic acids is 1. The maximum atomic E-state index is 12.6. The number of halogens is 3. The molecule has 0 saturated heterocycles. The van der Waals surface area contributed by atoms with Crippen LogP contribution in [-0.4, -0.2) is 31.6 Å². The van der Waals surface area contributed by atoms with E-state index in [1.165, 1.54) is 6.07 Å². The molecule has 0 aliphatic carbocycles. The lowest BCUT2D eigenvalue weighted by Gasteiger charge is -2.13. The van der Waals surface area contributed by atoms with E-state index < -0.39 is 6.61 Å². The van der Waals surface area contributed by atoms with Crippen LogP contribution in [-0.2, 0) is 17.9 Å². The van der Waals surface area contributed by atoms with E-state index in [9.17, 15) is 13.6 Å². The van der Waals surface area contributed by atoms with Crippen LogP contribution in [0.5, 0.6) is 5.75 Å². The number of carbonyl (C=O) groups is 1. The smallest absolute Gasteiger partial charge is 0.387 e. The molecule has 0 aromatic heterocycles. The molecule has 2 aromatic rings. The molecule has 1 amide bonds. The predicted molar refractivity (Wildman–Crippen MR) is 124 cm³/mol. The van der Waals surface area contributed by atoms with Gasteiger partial charge < -0.3 is 20.7 Å². The van der Waals surface area contributed by atoms with E-state index >= 15 is 0 Å². The van der Waals surface area contributed by atoms with Crippen LogP contribution in [0, 0.1) is 6.92 Å². The zero-order chi connectivity index (χ0) is 21.1. The van der Waals surface area contributed by atoms with Crippen LogP contribution in [0.15, 0.2) is 53.5 Å². The number of aliphatic imine (C=N–C) groups is 1. The Balaban J connectivity index is 0.00000450. The Morgan fingerprint density at radius 3 is 2.50 bits per heavy atom. The number of alkyl halides is 2. The molecule has 0 saturated carbocycles. The predicted octanol–water partition coefficient (Wildman–Crippen LogP) is 3.59. The molecule has 3 N–H and O–H groups in total. The van der Waals surface area contributed by atoms with Gasteiger partial charge in [-0.3, -0.25) is 4.79 Å². The number of hydrogen-bond donors (Lipinski definition) is 3. The van der Waals surface area contributed by atoms with Crippen LogP contribution in [0.3, 0.4) is 0 Å². The fourth-order valence-corrected chi connectivity index (χ4v) is 2.57. The van der Waals surface area contributed by atoms with Crippen LogP contribution < -0.4 is 20.7 Å². The third-order valence-electron chi connectivity index (χ3n) is 3.93. The summed E-state index contributed by atoms with van der Waals surface area (Å²) in [7, 11) is 0. The van der Waals surface area contributed by atoms with E-state index in [4.69, 9.17) is 0 Å². The van der Waals surface area contributed by atoms with E-state index in [-0.39, 0.29) is 48.7 Å². The number of ether oxygens (including phenoxy) is 1. The second-order valence-electron chi connectivity index (χ2n) is 6.30. The summed E-state index contributed by atoms with van der Waals surface area (Å²) in [6.45, 7) is 2.04. The van der Waals surface area contributed by atoms with Gasteiger partial charge in [-0.15, -0.1) is 24.0 Å². The number of rotatable bonds is 9. The lowest BCUT2D eigenvalue weighted by atomic mass is 10.1. The van der Waals surface area contributed by atoms with Crippen molar-refractivity contribution < 1.29 is 18.3 Å². The molecular weight excluding hydrogens is 505 g/mol. The van der Waals surface area contributed by atoms with E-state index in [1.807, 2.05) is 44.2 Å². The first kappa shape index (κ1) is 25.6. The third-order valence-corrected chi connectivity index (χ3v) is 3.93. The number of benzene rings is 2. The molecule has 0 bridgehead atoms. The SMILES string of the molecule is CCNC(=NCc1cc(C)ccc1OC(F)F)NCC(=O)NCc1ccccc1.I. The molecule has 0 aliphatic rings. The van der Waals surface area contributed by atoms with Gasteiger partial charge in [-0.2, -0.15) is 8.78 Å². The van der Waals surface area contributed by atoms with Gasteiger partial charge in [-0.25, -0.2) is 4.99 Å². The molecule has 9 heteroatoms. The number of guanidine groups is 1. The molecule has 0 spiro atoms. The van der Waals surface area contributed by atoms with Crippen molar-refractivity contribution in [3.8, 4) is 5.75 Å². The Hall–Kier alpha value is -2.43. The number of amides is 1. The van der Waals surface area contributed by atoms with Gasteiger partial charge in [0.25, 0.3) is 0 Å². The average molecular weight is 532 g/mol. The first-order valence-electron chi connectivity index (χ1n) is 9.35. The van der Waals surface area contributed by atoms with E-state index in [0.29, 0.717) is 24.6 Å². The maximum Gasteiger partial charge on any atom is 0.387 e. The first-order chi connectivity index (χ1) is 14.0. The van der Waals surface area contributed by atoms with Gasteiger partial charge in [0.05, 0.1) is 13.1 Å². The summed E-state index contributed by atoms with van der Waals surface area (Å²) < 4.78 is 29.8. The van der Waals surface area contributed by atoms with Gasteiger partial charge in [-0.05, 0) is 25.5 Å². The normalized spacial score (nSPS) is 10.9. The van der Waals surface area contributed by atoms with E-state index in [2.05, 4.69) is 25.7 Å². The molecule has 0 heterocycles. The van der Waals surface area contributed by atoms with E-state index in [1.54, 1.807) is 12.1 Å². The zero-order valence-electron chi connectivity index (χ0n) is 17.0. The molecule has 6 nitrogen and oxygen atoms in total. The lowest BCUT2D eigenvalue weighted by Crippen LogP contribution is -2.43. The molecular formula is C21H27F2IN4O2. The topological polar surface area (TPSA) is 74.8 Å². The largest absolute Gasteiger partial charge is 0.434 e. The standard InChI is InChI=1S/C21H26F2N4O2.HI/c1-3-24-21(27-14-19(28)25-12-16-7-5-4-6-8-16)26-13-17-11-15(2)9-10-18(17)29-20(22)23;/h4-11,20H,3,12-14H2,1-2H3,(H,25,28)(H2,24,26,27);1H. The Morgan fingerprint density at radius 1 is 1.10 bits per heavy atom.